The first kappa shape index (κ1) is 22.6. The van der Waals surface area contributed by atoms with Crippen molar-refractivity contribution in [1.82, 2.24) is 19.8 Å². The van der Waals surface area contributed by atoms with E-state index in [4.69, 9.17) is 8.83 Å². The second-order valence-electron chi connectivity index (χ2n) is 7.42. The fraction of sp³-hybridized carbons (Fsp3) is 0.381. The van der Waals surface area contributed by atoms with Crippen LogP contribution in [0.3, 0.4) is 0 Å². The topological polar surface area (TPSA) is 119 Å². The Kier molecular flexibility index (Phi) is 6.97. The molecule has 1 aromatic carbocycles. The summed E-state index contributed by atoms with van der Waals surface area (Å²) in [5, 5.41) is 10.6. The fourth-order valence-electron chi connectivity index (χ4n) is 3.35. The van der Waals surface area contributed by atoms with Gasteiger partial charge in [0.1, 0.15) is 5.76 Å². The number of piperidine rings is 1. The van der Waals surface area contributed by atoms with Gasteiger partial charge in [-0.05, 0) is 50.1 Å². The quantitative estimate of drug-likeness (QED) is 0.492. The first-order valence-electron chi connectivity index (χ1n) is 10.3. The summed E-state index contributed by atoms with van der Waals surface area (Å²) in [6.45, 7) is 3.10. The number of carbonyl (C=O) groups is 1. The Morgan fingerprint density at radius 3 is 2.75 bits per heavy atom. The molecule has 0 radical (unpaired) electrons. The molecule has 170 valence electrons. The Balaban J connectivity index is 1.42. The minimum Gasteiger partial charge on any atom is -0.467 e. The number of nitrogens with zero attached hydrogens (tertiary/aromatic N) is 3. The molecule has 0 saturated carbocycles. The molecule has 9 nitrogen and oxygen atoms in total. The van der Waals surface area contributed by atoms with E-state index < -0.39 is 15.3 Å². The van der Waals surface area contributed by atoms with Crippen LogP contribution in [0.1, 0.15) is 31.9 Å². The SMILES string of the molecule is CC(Sc1nnc(-c2cccc(S(=O)(=O)N3CCCCC3)c2)o1)C(=O)NCc1ccco1. The molecule has 3 aromatic rings. The Hall–Kier alpha value is -2.63. The average Bonchev–Trinajstić information content (AvgIpc) is 3.50. The van der Waals surface area contributed by atoms with Gasteiger partial charge >= 0.3 is 0 Å². The number of hydrogen-bond donors (Lipinski definition) is 1. The first-order chi connectivity index (χ1) is 15.4. The van der Waals surface area contributed by atoms with Crippen molar-refractivity contribution >= 4 is 27.7 Å². The molecule has 2 aromatic heterocycles. The maximum absolute atomic E-state index is 12.9. The van der Waals surface area contributed by atoms with Gasteiger partial charge in [-0.3, -0.25) is 4.79 Å². The molecule has 1 unspecified atom stereocenters. The molecule has 1 saturated heterocycles. The zero-order valence-corrected chi connectivity index (χ0v) is 19.2. The minimum absolute atomic E-state index is 0.194. The van der Waals surface area contributed by atoms with Crippen LogP contribution in [0.25, 0.3) is 11.5 Å². The second kappa shape index (κ2) is 9.88. The molecule has 1 aliphatic heterocycles. The molecule has 1 aliphatic rings. The Morgan fingerprint density at radius 2 is 2.00 bits per heavy atom. The lowest BCUT2D eigenvalue weighted by Crippen LogP contribution is -2.35. The minimum atomic E-state index is -3.56. The average molecular weight is 477 g/mol. The molecule has 1 N–H and O–H groups in total. The van der Waals surface area contributed by atoms with Crippen molar-refractivity contribution in [2.45, 2.75) is 48.1 Å². The molecule has 0 spiro atoms. The number of thioether (sulfide) groups is 1. The molecular weight excluding hydrogens is 452 g/mol. The van der Waals surface area contributed by atoms with E-state index in [0.29, 0.717) is 31.0 Å². The number of amides is 1. The van der Waals surface area contributed by atoms with Crippen molar-refractivity contribution in [3.63, 3.8) is 0 Å². The Bertz CT molecular complexity index is 1150. The predicted octanol–water partition coefficient (Wildman–Crippen LogP) is 3.30. The summed E-state index contributed by atoms with van der Waals surface area (Å²) in [6, 6.07) is 10.0. The van der Waals surface area contributed by atoms with Crippen molar-refractivity contribution < 1.29 is 22.0 Å². The third-order valence-corrected chi connectivity index (χ3v) is 7.93. The number of rotatable bonds is 8. The normalized spacial score (nSPS) is 16.0. The van der Waals surface area contributed by atoms with Crippen molar-refractivity contribution in [1.29, 1.82) is 0 Å². The van der Waals surface area contributed by atoms with Crippen LogP contribution in [0.2, 0.25) is 0 Å². The van der Waals surface area contributed by atoms with Gasteiger partial charge in [0.2, 0.25) is 21.8 Å². The number of sulfonamides is 1. The molecule has 1 atom stereocenters. The van der Waals surface area contributed by atoms with E-state index in [1.54, 1.807) is 49.6 Å². The highest BCUT2D eigenvalue weighted by Crippen LogP contribution is 2.28. The first-order valence-corrected chi connectivity index (χ1v) is 12.7. The van der Waals surface area contributed by atoms with E-state index in [-0.39, 0.29) is 21.9 Å². The van der Waals surface area contributed by atoms with Crippen LogP contribution in [0.15, 0.2) is 61.6 Å². The standard InChI is InChI=1S/C21H24N4O5S2/c1-15(19(26)22-14-17-8-6-12-29-17)31-21-24-23-20(30-21)16-7-5-9-18(13-16)32(27,28)25-10-3-2-4-11-25/h5-9,12-13,15H,2-4,10-11,14H2,1H3,(H,22,26). The van der Waals surface area contributed by atoms with Gasteiger partial charge in [-0.25, -0.2) is 8.42 Å². The predicted molar refractivity (Wildman–Crippen MR) is 118 cm³/mol. The molecule has 11 heteroatoms. The fourth-order valence-corrected chi connectivity index (χ4v) is 5.63. The number of nitrogens with one attached hydrogen (secondary N) is 1. The highest BCUT2D eigenvalue weighted by Gasteiger charge is 2.26. The molecule has 3 heterocycles. The van der Waals surface area contributed by atoms with E-state index in [9.17, 15) is 13.2 Å². The van der Waals surface area contributed by atoms with Crippen LogP contribution < -0.4 is 5.32 Å². The monoisotopic (exact) mass is 476 g/mol. The summed E-state index contributed by atoms with van der Waals surface area (Å²) in [5.74, 6) is 0.669. The van der Waals surface area contributed by atoms with Gasteiger partial charge in [0.15, 0.2) is 0 Å². The van der Waals surface area contributed by atoms with Crippen LogP contribution in [-0.4, -0.2) is 47.2 Å². The maximum Gasteiger partial charge on any atom is 0.277 e. The van der Waals surface area contributed by atoms with Crippen LogP contribution in [0.5, 0.6) is 0 Å². The molecule has 4 rings (SSSR count). The van der Waals surface area contributed by atoms with Gasteiger partial charge < -0.3 is 14.2 Å². The zero-order valence-electron chi connectivity index (χ0n) is 17.6. The van der Waals surface area contributed by atoms with E-state index in [0.717, 1.165) is 31.0 Å². The van der Waals surface area contributed by atoms with Crippen molar-refractivity contribution in [2.24, 2.45) is 0 Å². The van der Waals surface area contributed by atoms with Gasteiger partial charge in [0, 0.05) is 18.7 Å². The van der Waals surface area contributed by atoms with Crippen LogP contribution in [0.4, 0.5) is 0 Å². The number of carbonyl (C=O) groups excluding carboxylic acids is 1. The molecule has 32 heavy (non-hydrogen) atoms. The number of hydrogen-bond acceptors (Lipinski definition) is 8. The van der Waals surface area contributed by atoms with Gasteiger partial charge in [0.05, 0.1) is 23.0 Å². The summed E-state index contributed by atoms with van der Waals surface area (Å²) < 4.78 is 38.3. The maximum atomic E-state index is 12.9. The summed E-state index contributed by atoms with van der Waals surface area (Å²) in [4.78, 5) is 12.5. The van der Waals surface area contributed by atoms with Crippen molar-refractivity contribution in [3.05, 3.63) is 48.4 Å². The lowest BCUT2D eigenvalue weighted by Gasteiger charge is -2.25. The Labute approximate surface area is 190 Å². The number of furan rings is 1. The summed E-state index contributed by atoms with van der Waals surface area (Å²) >= 11 is 1.13. The highest BCUT2D eigenvalue weighted by atomic mass is 32.2. The van der Waals surface area contributed by atoms with E-state index >= 15 is 0 Å². The molecule has 1 amide bonds. The molecular formula is C21H24N4O5S2. The number of benzene rings is 1. The summed E-state index contributed by atoms with van der Waals surface area (Å²) in [5.41, 5.74) is 0.511. The van der Waals surface area contributed by atoms with Crippen LogP contribution in [-0.2, 0) is 21.4 Å². The lowest BCUT2D eigenvalue weighted by atomic mass is 10.2. The highest BCUT2D eigenvalue weighted by molar-refractivity contribution is 8.00. The van der Waals surface area contributed by atoms with E-state index in [1.807, 2.05) is 0 Å². The number of aromatic nitrogens is 2. The molecule has 0 aliphatic carbocycles. The van der Waals surface area contributed by atoms with Crippen LogP contribution >= 0.6 is 11.8 Å². The summed E-state index contributed by atoms with van der Waals surface area (Å²) in [6.07, 6.45) is 4.34. The van der Waals surface area contributed by atoms with E-state index in [1.165, 1.54) is 4.31 Å². The Morgan fingerprint density at radius 1 is 1.19 bits per heavy atom. The molecule has 1 fully saturated rings. The smallest absolute Gasteiger partial charge is 0.277 e. The largest absolute Gasteiger partial charge is 0.467 e. The third kappa shape index (κ3) is 5.22. The molecule has 0 bridgehead atoms. The van der Waals surface area contributed by atoms with Gasteiger partial charge in [-0.1, -0.05) is 24.2 Å². The van der Waals surface area contributed by atoms with Gasteiger partial charge in [0.25, 0.3) is 5.22 Å². The van der Waals surface area contributed by atoms with E-state index in [2.05, 4.69) is 15.5 Å². The third-order valence-electron chi connectivity index (χ3n) is 5.10. The van der Waals surface area contributed by atoms with Crippen LogP contribution in [0, 0.1) is 0 Å². The van der Waals surface area contributed by atoms with Crippen molar-refractivity contribution in [2.75, 3.05) is 13.1 Å². The van der Waals surface area contributed by atoms with Gasteiger partial charge in [-0.15, -0.1) is 10.2 Å². The van der Waals surface area contributed by atoms with Gasteiger partial charge in [-0.2, -0.15) is 4.31 Å². The lowest BCUT2D eigenvalue weighted by molar-refractivity contribution is -0.120. The second-order valence-corrected chi connectivity index (χ2v) is 10.7. The van der Waals surface area contributed by atoms with Crippen molar-refractivity contribution in [3.8, 4) is 11.5 Å². The summed E-state index contributed by atoms with van der Waals surface area (Å²) in [7, 11) is -3.56. The zero-order chi connectivity index (χ0) is 22.6.